The van der Waals surface area contributed by atoms with E-state index in [2.05, 4.69) is 0 Å². The average molecular weight is 448 g/mol. The summed E-state index contributed by atoms with van der Waals surface area (Å²) in [5.74, 6) is -0.123. The van der Waals surface area contributed by atoms with Gasteiger partial charge in [0.2, 0.25) is 10.0 Å². The summed E-state index contributed by atoms with van der Waals surface area (Å²) >= 11 is 0. The molecule has 2 aromatic rings. The molecule has 1 atom stereocenters. The first-order chi connectivity index (χ1) is 13.5. The molecule has 0 radical (unpaired) electrons. The third kappa shape index (κ3) is 4.19. The molecule has 10 heteroatoms. The molecule has 5 nitrogen and oxygen atoms in total. The molecule has 1 unspecified atom stereocenters. The molecule has 1 aliphatic rings. The van der Waals surface area contributed by atoms with Crippen LogP contribution in [0.3, 0.4) is 0 Å². The summed E-state index contributed by atoms with van der Waals surface area (Å²) in [6, 6.07) is 8.83. The Balaban J connectivity index is 2.00. The SMILES string of the molecule is CCS(=O)(=O)c1ccc(S(=O)(=O)N2CCCC2c2ccccc2C(F)(F)F)cc1. The molecule has 158 valence electrons. The van der Waals surface area contributed by atoms with Gasteiger partial charge in [-0.25, -0.2) is 16.8 Å². The van der Waals surface area contributed by atoms with Gasteiger partial charge in [0.15, 0.2) is 9.84 Å². The minimum absolute atomic E-state index is 0.000612. The Labute approximate surface area is 168 Å². The van der Waals surface area contributed by atoms with Crippen molar-refractivity contribution < 1.29 is 30.0 Å². The van der Waals surface area contributed by atoms with E-state index >= 15 is 0 Å². The van der Waals surface area contributed by atoms with Crippen LogP contribution in [0.25, 0.3) is 0 Å². The Kier molecular flexibility index (Phi) is 5.81. The van der Waals surface area contributed by atoms with Gasteiger partial charge in [-0.15, -0.1) is 0 Å². The van der Waals surface area contributed by atoms with Gasteiger partial charge in [0, 0.05) is 6.54 Å². The number of benzene rings is 2. The highest BCUT2D eigenvalue weighted by Crippen LogP contribution is 2.42. The number of hydrogen-bond acceptors (Lipinski definition) is 4. The van der Waals surface area contributed by atoms with Crippen LogP contribution in [-0.2, 0) is 26.0 Å². The number of alkyl halides is 3. The van der Waals surface area contributed by atoms with Crippen LogP contribution in [0.5, 0.6) is 0 Å². The maximum atomic E-state index is 13.4. The molecule has 1 fully saturated rings. The zero-order valence-electron chi connectivity index (χ0n) is 15.6. The molecule has 0 bridgehead atoms. The molecule has 3 rings (SSSR count). The number of sulfonamides is 1. The van der Waals surface area contributed by atoms with Crippen LogP contribution >= 0.6 is 0 Å². The summed E-state index contributed by atoms with van der Waals surface area (Å²) in [6.45, 7) is 1.57. The molecule has 0 amide bonds. The molecule has 0 N–H and O–H groups in total. The van der Waals surface area contributed by atoms with Gasteiger partial charge in [-0.3, -0.25) is 0 Å². The van der Waals surface area contributed by atoms with Crippen LogP contribution in [0, 0.1) is 0 Å². The lowest BCUT2D eigenvalue weighted by molar-refractivity contribution is -0.138. The van der Waals surface area contributed by atoms with Gasteiger partial charge >= 0.3 is 6.18 Å². The second-order valence-corrected chi connectivity index (χ2v) is 10.9. The average Bonchev–Trinajstić information content (AvgIpc) is 3.18. The van der Waals surface area contributed by atoms with Crippen molar-refractivity contribution in [3.05, 3.63) is 59.7 Å². The molecule has 0 saturated carbocycles. The second kappa shape index (κ2) is 7.73. The van der Waals surface area contributed by atoms with E-state index in [1.807, 2.05) is 0 Å². The van der Waals surface area contributed by atoms with Crippen LogP contribution < -0.4 is 0 Å². The van der Waals surface area contributed by atoms with Crippen molar-refractivity contribution >= 4 is 19.9 Å². The Morgan fingerprint density at radius 1 is 0.966 bits per heavy atom. The van der Waals surface area contributed by atoms with E-state index in [0.29, 0.717) is 6.42 Å². The predicted molar refractivity (Wildman–Crippen MR) is 101 cm³/mol. The molecule has 0 aliphatic carbocycles. The van der Waals surface area contributed by atoms with E-state index in [0.717, 1.165) is 10.4 Å². The lowest BCUT2D eigenvalue weighted by Crippen LogP contribution is -2.31. The highest BCUT2D eigenvalue weighted by molar-refractivity contribution is 7.91. The first kappa shape index (κ1) is 21.8. The van der Waals surface area contributed by atoms with E-state index < -0.39 is 37.6 Å². The van der Waals surface area contributed by atoms with Gasteiger partial charge in [0.05, 0.1) is 27.1 Å². The molecule has 0 spiro atoms. The van der Waals surface area contributed by atoms with E-state index in [4.69, 9.17) is 0 Å². The summed E-state index contributed by atoms with van der Waals surface area (Å²) in [4.78, 5) is -0.150. The highest BCUT2D eigenvalue weighted by atomic mass is 32.2. The van der Waals surface area contributed by atoms with E-state index in [-0.39, 0.29) is 34.1 Å². The van der Waals surface area contributed by atoms with E-state index in [1.165, 1.54) is 49.4 Å². The molecule has 0 aromatic heterocycles. The van der Waals surface area contributed by atoms with Crippen LogP contribution in [0.1, 0.15) is 36.9 Å². The number of sulfone groups is 1. The fourth-order valence-electron chi connectivity index (χ4n) is 3.51. The van der Waals surface area contributed by atoms with E-state index in [9.17, 15) is 30.0 Å². The topological polar surface area (TPSA) is 71.5 Å². The summed E-state index contributed by atoms with van der Waals surface area (Å²) < 4.78 is 91.4. The zero-order valence-corrected chi connectivity index (χ0v) is 17.2. The quantitative estimate of drug-likeness (QED) is 0.694. The lowest BCUT2D eigenvalue weighted by atomic mass is 9.99. The van der Waals surface area contributed by atoms with Crippen molar-refractivity contribution in [1.29, 1.82) is 0 Å². The van der Waals surface area contributed by atoms with Crippen LogP contribution in [-0.4, -0.2) is 33.4 Å². The summed E-state index contributed by atoms with van der Waals surface area (Å²) in [5.41, 5.74) is -0.928. The number of nitrogens with zero attached hydrogens (tertiary/aromatic N) is 1. The fourth-order valence-corrected chi connectivity index (χ4v) is 6.06. The highest BCUT2D eigenvalue weighted by Gasteiger charge is 2.41. The van der Waals surface area contributed by atoms with Gasteiger partial charge in [-0.05, 0) is 48.7 Å². The van der Waals surface area contributed by atoms with Crippen LogP contribution in [0.2, 0.25) is 0 Å². The van der Waals surface area contributed by atoms with Crippen molar-refractivity contribution in [2.75, 3.05) is 12.3 Å². The Hall–Kier alpha value is -1.91. The standard InChI is InChI=1S/C19H20F3NO4S2/c1-2-28(24,25)14-9-11-15(12-10-14)29(26,27)23-13-5-8-18(23)16-6-3-4-7-17(16)19(20,21)22/h3-4,6-7,9-12,18H,2,5,8,13H2,1H3. The smallest absolute Gasteiger partial charge is 0.224 e. The fraction of sp³-hybridized carbons (Fsp3) is 0.368. The normalized spacial score (nSPS) is 18.8. The van der Waals surface area contributed by atoms with Gasteiger partial charge in [-0.2, -0.15) is 17.5 Å². The lowest BCUT2D eigenvalue weighted by Gasteiger charge is -2.26. The number of halogens is 3. The molecule has 1 aliphatic heterocycles. The minimum Gasteiger partial charge on any atom is -0.224 e. The van der Waals surface area contributed by atoms with Crippen molar-refractivity contribution in [3.8, 4) is 0 Å². The van der Waals surface area contributed by atoms with Crippen LogP contribution in [0.4, 0.5) is 13.2 Å². The van der Waals surface area contributed by atoms with Gasteiger partial charge in [-0.1, -0.05) is 25.1 Å². The van der Waals surface area contributed by atoms with Crippen molar-refractivity contribution in [3.63, 3.8) is 0 Å². The maximum Gasteiger partial charge on any atom is 0.416 e. The van der Waals surface area contributed by atoms with Gasteiger partial charge < -0.3 is 0 Å². The monoisotopic (exact) mass is 447 g/mol. The van der Waals surface area contributed by atoms with Gasteiger partial charge in [0.1, 0.15) is 0 Å². The van der Waals surface area contributed by atoms with Crippen molar-refractivity contribution in [1.82, 2.24) is 4.31 Å². The molecule has 1 heterocycles. The first-order valence-corrected chi connectivity index (χ1v) is 12.1. The van der Waals surface area contributed by atoms with E-state index in [1.54, 1.807) is 0 Å². The largest absolute Gasteiger partial charge is 0.416 e. The summed E-state index contributed by atoms with van der Waals surface area (Å²) in [6.07, 6.45) is -3.89. The molecular formula is C19H20F3NO4S2. The Bertz CT molecular complexity index is 1100. The molecular weight excluding hydrogens is 427 g/mol. The Morgan fingerprint density at radius 2 is 1.55 bits per heavy atom. The molecule has 2 aromatic carbocycles. The Morgan fingerprint density at radius 3 is 2.14 bits per heavy atom. The van der Waals surface area contributed by atoms with Crippen LogP contribution in [0.15, 0.2) is 58.3 Å². The summed E-state index contributed by atoms with van der Waals surface area (Å²) in [5, 5.41) is 0. The van der Waals surface area contributed by atoms with Gasteiger partial charge in [0.25, 0.3) is 0 Å². The zero-order chi connectivity index (χ0) is 21.4. The first-order valence-electron chi connectivity index (χ1n) is 8.99. The number of hydrogen-bond donors (Lipinski definition) is 0. The van der Waals surface area contributed by atoms with Crippen molar-refractivity contribution in [2.24, 2.45) is 0 Å². The third-order valence-corrected chi connectivity index (χ3v) is 8.67. The minimum atomic E-state index is -4.59. The maximum absolute atomic E-state index is 13.4. The second-order valence-electron chi connectivity index (χ2n) is 6.73. The summed E-state index contributed by atoms with van der Waals surface area (Å²) in [7, 11) is -7.58. The van der Waals surface area contributed by atoms with Crippen molar-refractivity contribution in [2.45, 2.75) is 41.8 Å². The predicted octanol–water partition coefficient (Wildman–Crippen LogP) is 4.02. The molecule has 29 heavy (non-hydrogen) atoms. The number of rotatable bonds is 5. The molecule has 1 saturated heterocycles. The third-order valence-electron chi connectivity index (χ3n) is 5.00.